The number of aliphatic carboxylic acids is 1. The van der Waals surface area contributed by atoms with Gasteiger partial charge in [-0.3, -0.25) is 4.79 Å². The van der Waals surface area contributed by atoms with Crippen LogP contribution in [0.2, 0.25) is 0 Å². The molecule has 0 aromatic carbocycles. The number of carbonyl (C=O) groups excluding carboxylic acids is 1. The summed E-state index contributed by atoms with van der Waals surface area (Å²) in [5.41, 5.74) is 0. The first-order chi connectivity index (χ1) is 10.1. The van der Waals surface area contributed by atoms with Crippen LogP contribution in [0.25, 0.3) is 0 Å². The van der Waals surface area contributed by atoms with E-state index in [1.807, 2.05) is 0 Å². The zero-order valence-electron chi connectivity index (χ0n) is 12.6. The first kappa shape index (κ1) is 17.7. The molecule has 1 rings (SSSR count). The summed E-state index contributed by atoms with van der Waals surface area (Å²) in [6.07, 6.45) is 3.45. The van der Waals surface area contributed by atoms with Crippen molar-refractivity contribution in [1.82, 2.24) is 10.2 Å². The first-order valence-corrected chi connectivity index (χ1v) is 7.45. The van der Waals surface area contributed by atoms with Gasteiger partial charge in [-0.15, -0.1) is 0 Å². The van der Waals surface area contributed by atoms with E-state index in [0.717, 1.165) is 19.3 Å². The zero-order valence-corrected chi connectivity index (χ0v) is 12.6. The molecular weight excluding hydrogens is 276 g/mol. The van der Waals surface area contributed by atoms with Gasteiger partial charge in [0.2, 0.25) is 0 Å². The van der Waals surface area contributed by atoms with Crippen LogP contribution in [0.3, 0.4) is 0 Å². The summed E-state index contributed by atoms with van der Waals surface area (Å²) in [5.74, 6) is -1.16. The Labute approximate surface area is 125 Å². The van der Waals surface area contributed by atoms with Crippen LogP contribution in [-0.4, -0.2) is 67.1 Å². The Hall–Kier alpha value is -1.34. The Morgan fingerprint density at radius 3 is 2.62 bits per heavy atom. The average molecular weight is 302 g/mol. The third-order valence-corrected chi connectivity index (χ3v) is 3.96. The molecule has 7 nitrogen and oxygen atoms in total. The average Bonchev–Trinajstić information content (AvgIpc) is 2.49. The van der Waals surface area contributed by atoms with E-state index in [1.54, 1.807) is 7.11 Å². The fourth-order valence-electron chi connectivity index (χ4n) is 2.74. The van der Waals surface area contributed by atoms with E-state index in [-0.39, 0.29) is 31.0 Å². The topological polar surface area (TPSA) is 99.1 Å². The van der Waals surface area contributed by atoms with Gasteiger partial charge in [0.15, 0.2) is 0 Å². The third-order valence-electron chi connectivity index (χ3n) is 3.96. The van der Waals surface area contributed by atoms with Gasteiger partial charge in [-0.05, 0) is 18.8 Å². The van der Waals surface area contributed by atoms with Crippen LogP contribution < -0.4 is 5.32 Å². The number of nitrogens with zero attached hydrogens (tertiary/aromatic N) is 1. The molecule has 1 aliphatic carbocycles. The number of aliphatic hydroxyl groups is 1. The third kappa shape index (κ3) is 5.89. The van der Waals surface area contributed by atoms with Crippen LogP contribution in [0.1, 0.15) is 25.7 Å². The quantitative estimate of drug-likeness (QED) is 0.607. The highest BCUT2D eigenvalue weighted by Crippen LogP contribution is 2.29. The lowest BCUT2D eigenvalue weighted by Crippen LogP contribution is -2.46. The minimum absolute atomic E-state index is 0.0152. The number of ether oxygens (including phenoxy) is 1. The summed E-state index contributed by atoms with van der Waals surface area (Å²) in [4.78, 5) is 24.7. The fraction of sp³-hybridized carbons (Fsp3) is 0.857. The molecule has 21 heavy (non-hydrogen) atoms. The molecule has 0 aromatic heterocycles. The van der Waals surface area contributed by atoms with Crippen molar-refractivity contribution in [3.63, 3.8) is 0 Å². The number of amides is 2. The van der Waals surface area contributed by atoms with Crippen LogP contribution in [0, 0.1) is 11.8 Å². The Morgan fingerprint density at radius 2 is 2.00 bits per heavy atom. The number of rotatable bonds is 8. The van der Waals surface area contributed by atoms with Crippen LogP contribution in [0.5, 0.6) is 0 Å². The summed E-state index contributed by atoms with van der Waals surface area (Å²) < 4.78 is 4.93. The van der Waals surface area contributed by atoms with Gasteiger partial charge in [0.25, 0.3) is 0 Å². The second-order valence-corrected chi connectivity index (χ2v) is 5.38. The van der Waals surface area contributed by atoms with E-state index in [9.17, 15) is 14.7 Å². The molecule has 1 aliphatic rings. The highest BCUT2D eigenvalue weighted by atomic mass is 16.5. The van der Waals surface area contributed by atoms with Crippen molar-refractivity contribution >= 4 is 12.0 Å². The molecule has 2 atom stereocenters. The van der Waals surface area contributed by atoms with E-state index in [0.29, 0.717) is 26.1 Å². The predicted molar refractivity (Wildman–Crippen MR) is 77.0 cm³/mol. The maximum absolute atomic E-state index is 12.1. The molecule has 0 aromatic rings. The fourth-order valence-corrected chi connectivity index (χ4v) is 2.74. The summed E-state index contributed by atoms with van der Waals surface area (Å²) in [7, 11) is 1.55. The SMILES string of the molecule is COCCN(CCO)C(=O)NCC1CCCCC1C(=O)O. The summed E-state index contributed by atoms with van der Waals surface area (Å²) >= 11 is 0. The van der Waals surface area contributed by atoms with Gasteiger partial charge in [-0.25, -0.2) is 4.79 Å². The largest absolute Gasteiger partial charge is 0.481 e. The van der Waals surface area contributed by atoms with E-state index < -0.39 is 5.97 Å². The van der Waals surface area contributed by atoms with Crippen molar-refractivity contribution < 1.29 is 24.5 Å². The number of carboxylic acid groups (broad SMARTS) is 1. The van der Waals surface area contributed by atoms with Gasteiger partial charge in [0, 0.05) is 26.7 Å². The second kappa shape index (κ2) is 9.57. The molecule has 122 valence electrons. The van der Waals surface area contributed by atoms with Crippen molar-refractivity contribution in [1.29, 1.82) is 0 Å². The molecule has 0 heterocycles. The number of nitrogens with one attached hydrogen (secondary N) is 1. The molecule has 3 N–H and O–H groups in total. The standard InChI is InChI=1S/C14H26N2O5/c1-21-9-7-16(6-8-17)14(20)15-10-11-4-2-3-5-12(11)13(18)19/h11-12,17H,2-10H2,1H3,(H,15,20)(H,18,19). The molecule has 0 radical (unpaired) electrons. The van der Waals surface area contributed by atoms with Crippen molar-refractivity contribution in [2.75, 3.05) is 40.0 Å². The van der Waals surface area contributed by atoms with Gasteiger partial charge >= 0.3 is 12.0 Å². The molecule has 7 heteroatoms. The van der Waals surface area contributed by atoms with Crippen molar-refractivity contribution in [3.05, 3.63) is 0 Å². The van der Waals surface area contributed by atoms with Gasteiger partial charge in [-0.2, -0.15) is 0 Å². The number of urea groups is 1. The minimum Gasteiger partial charge on any atom is -0.481 e. The van der Waals surface area contributed by atoms with Crippen LogP contribution in [-0.2, 0) is 9.53 Å². The Balaban J connectivity index is 2.46. The molecule has 0 spiro atoms. The van der Waals surface area contributed by atoms with Crippen LogP contribution in [0.4, 0.5) is 4.79 Å². The molecule has 2 amide bonds. The normalized spacial score (nSPS) is 21.8. The Kier molecular flexibility index (Phi) is 8.07. The number of hydrogen-bond acceptors (Lipinski definition) is 4. The van der Waals surface area contributed by atoms with Crippen molar-refractivity contribution in [2.24, 2.45) is 11.8 Å². The molecule has 1 fully saturated rings. The first-order valence-electron chi connectivity index (χ1n) is 7.45. The number of hydrogen-bond donors (Lipinski definition) is 3. The van der Waals surface area contributed by atoms with Crippen molar-refractivity contribution in [2.45, 2.75) is 25.7 Å². The summed E-state index contributed by atoms with van der Waals surface area (Å²) in [5, 5.41) is 21.0. The maximum atomic E-state index is 12.1. The lowest BCUT2D eigenvalue weighted by Gasteiger charge is -2.30. The second-order valence-electron chi connectivity index (χ2n) is 5.38. The molecule has 0 bridgehead atoms. The van der Waals surface area contributed by atoms with Gasteiger partial charge in [0.05, 0.1) is 19.1 Å². The highest BCUT2D eigenvalue weighted by Gasteiger charge is 2.31. The van der Waals surface area contributed by atoms with Crippen LogP contribution in [0.15, 0.2) is 0 Å². The maximum Gasteiger partial charge on any atom is 0.317 e. The zero-order chi connectivity index (χ0) is 15.7. The van der Waals surface area contributed by atoms with Gasteiger partial charge < -0.3 is 25.2 Å². The molecule has 0 saturated heterocycles. The number of methoxy groups -OCH3 is 1. The number of aliphatic hydroxyl groups excluding tert-OH is 1. The van der Waals surface area contributed by atoms with E-state index in [1.165, 1.54) is 4.90 Å². The lowest BCUT2D eigenvalue weighted by atomic mass is 9.79. The van der Waals surface area contributed by atoms with E-state index in [4.69, 9.17) is 9.84 Å². The monoisotopic (exact) mass is 302 g/mol. The molecule has 0 aliphatic heterocycles. The predicted octanol–water partition coefficient (Wildman–Crippen LogP) is 0.528. The van der Waals surface area contributed by atoms with E-state index >= 15 is 0 Å². The summed E-state index contributed by atoms with van der Waals surface area (Å²) in [6, 6.07) is -0.282. The van der Waals surface area contributed by atoms with Gasteiger partial charge in [-0.1, -0.05) is 12.8 Å². The van der Waals surface area contributed by atoms with Crippen molar-refractivity contribution in [3.8, 4) is 0 Å². The minimum atomic E-state index is -0.777. The van der Waals surface area contributed by atoms with Gasteiger partial charge in [0.1, 0.15) is 0 Å². The molecule has 1 saturated carbocycles. The highest BCUT2D eigenvalue weighted by molar-refractivity contribution is 5.74. The Bertz CT molecular complexity index is 337. The number of carboxylic acids is 1. The number of carbonyl (C=O) groups is 2. The summed E-state index contributed by atoms with van der Waals surface area (Å²) in [6.45, 7) is 1.29. The van der Waals surface area contributed by atoms with E-state index in [2.05, 4.69) is 5.32 Å². The molecular formula is C14H26N2O5. The van der Waals surface area contributed by atoms with Crippen LogP contribution >= 0.6 is 0 Å². The smallest absolute Gasteiger partial charge is 0.317 e. The molecule has 2 unspecified atom stereocenters. The lowest BCUT2D eigenvalue weighted by molar-refractivity contribution is -0.144. The Morgan fingerprint density at radius 1 is 1.29 bits per heavy atom.